The molecule has 0 saturated carbocycles. The van der Waals surface area contributed by atoms with Gasteiger partial charge in [0.25, 0.3) is 11.8 Å². The normalized spacial score (nSPS) is 17.8. The molecule has 2 aliphatic heterocycles. The number of anilines is 1. The maximum absolute atomic E-state index is 13.0. The molecule has 1 aromatic carbocycles. The Bertz CT molecular complexity index is 934. The third-order valence-electron chi connectivity index (χ3n) is 5.00. The van der Waals surface area contributed by atoms with Crippen molar-refractivity contribution in [2.45, 2.75) is 18.9 Å². The second kappa shape index (κ2) is 11.5. The van der Waals surface area contributed by atoms with Crippen molar-refractivity contribution in [2.75, 3.05) is 51.5 Å². The van der Waals surface area contributed by atoms with E-state index in [1.165, 1.54) is 6.07 Å². The van der Waals surface area contributed by atoms with Crippen LogP contribution in [0.4, 0.5) is 5.69 Å². The van der Waals surface area contributed by atoms with Gasteiger partial charge in [0.2, 0.25) is 11.8 Å². The molecule has 2 aliphatic rings. The predicted octanol–water partition coefficient (Wildman–Crippen LogP) is -0.366. The number of carboxylic acid groups (broad SMARTS) is 1. The first-order valence-electron chi connectivity index (χ1n) is 10.4. The molecule has 3 N–H and O–H groups in total. The van der Waals surface area contributed by atoms with Crippen molar-refractivity contribution in [3.8, 4) is 0 Å². The lowest BCUT2D eigenvalue weighted by molar-refractivity contribution is -0.143. The average Bonchev–Trinajstić information content (AvgIpc) is 3.03. The number of hydrogen-bond acceptors (Lipinski definition) is 9. The van der Waals surface area contributed by atoms with Gasteiger partial charge in [-0.15, -0.1) is 0 Å². The van der Waals surface area contributed by atoms with Crippen LogP contribution < -0.4 is 10.6 Å². The standard InChI is InChI=1S/C21H25N3O9/c25-16-5-4-15(19(28)23-16)24-20(29)13-2-1-3-14(18(13)21(24)30)22-6-7-31-8-9-32-10-11-33-12-17(26)27/h1-3,15,22H,4-12H2,(H,26,27)(H,23,25,28). The van der Waals surface area contributed by atoms with E-state index in [2.05, 4.69) is 10.6 Å². The van der Waals surface area contributed by atoms with Gasteiger partial charge < -0.3 is 24.6 Å². The molecule has 4 amide bonds. The molecule has 0 spiro atoms. The molecule has 12 nitrogen and oxygen atoms in total. The van der Waals surface area contributed by atoms with Crippen molar-refractivity contribution < 1.29 is 43.3 Å². The average molecular weight is 463 g/mol. The molecular weight excluding hydrogens is 438 g/mol. The third kappa shape index (κ3) is 6.12. The topological polar surface area (TPSA) is 161 Å². The van der Waals surface area contributed by atoms with Gasteiger partial charge in [-0.1, -0.05) is 6.07 Å². The van der Waals surface area contributed by atoms with E-state index in [9.17, 15) is 24.0 Å². The Morgan fingerprint density at radius 2 is 1.73 bits per heavy atom. The first-order valence-corrected chi connectivity index (χ1v) is 10.4. The van der Waals surface area contributed by atoms with Crippen molar-refractivity contribution in [2.24, 2.45) is 0 Å². The van der Waals surface area contributed by atoms with Gasteiger partial charge in [0.05, 0.1) is 44.2 Å². The highest BCUT2D eigenvalue weighted by Crippen LogP contribution is 2.32. The van der Waals surface area contributed by atoms with Crippen LogP contribution in [0.1, 0.15) is 33.6 Å². The highest BCUT2D eigenvalue weighted by atomic mass is 16.5. The summed E-state index contributed by atoms with van der Waals surface area (Å²) >= 11 is 0. The number of carboxylic acids is 1. The minimum Gasteiger partial charge on any atom is -0.480 e. The van der Waals surface area contributed by atoms with Crippen LogP contribution in [-0.4, -0.2) is 91.8 Å². The number of nitrogens with zero attached hydrogens (tertiary/aromatic N) is 1. The van der Waals surface area contributed by atoms with Crippen LogP contribution >= 0.6 is 0 Å². The van der Waals surface area contributed by atoms with Crippen LogP contribution in [0, 0.1) is 0 Å². The van der Waals surface area contributed by atoms with Gasteiger partial charge in [0.15, 0.2) is 0 Å². The highest BCUT2D eigenvalue weighted by Gasteiger charge is 2.45. The van der Waals surface area contributed by atoms with Crippen molar-refractivity contribution in [3.05, 3.63) is 29.3 Å². The number of carbonyl (C=O) groups is 5. The van der Waals surface area contributed by atoms with Crippen LogP contribution in [0.15, 0.2) is 18.2 Å². The number of benzene rings is 1. The Morgan fingerprint density at radius 1 is 1.03 bits per heavy atom. The molecule has 0 bridgehead atoms. The van der Waals surface area contributed by atoms with E-state index in [1.54, 1.807) is 12.1 Å². The lowest BCUT2D eigenvalue weighted by atomic mass is 10.0. The van der Waals surface area contributed by atoms with E-state index in [-0.39, 0.29) is 43.8 Å². The van der Waals surface area contributed by atoms with Crippen LogP contribution in [0.2, 0.25) is 0 Å². The largest absolute Gasteiger partial charge is 0.480 e. The summed E-state index contributed by atoms with van der Waals surface area (Å²) in [5.74, 6) is -3.25. The number of hydrogen-bond donors (Lipinski definition) is 3. The number of nitrogens with one attached hydrogen (secondary N) is 2. The molecule has 33 heavy (non-hydrogen) atoms. The van der Waals surface area contributed by atoms with Gasteiger partial charge in [-0.25, -0.2) is 4.79 Å². The molecule has 0 aliphatic carbocycles. The highest BCUT2D eigenvalue weighted by molar-refractivity contribution is 6.25. The predicted molar refractivity (Wildman–Crippen MR) is 112 cm³/mol. The van der Waals surface area contributed by atoms with Gasteiger partial charge in [-0.2, -0.15) is 0 Å². The van der Waals surface area contributed by atoms with Crippen LogP contribution in [0.25, 0.3) is 0 Å². The Hall–Kier alpha value is -3.35. The van der Waals surface area contributed by atoms with Crippen LogP contribution in [0.5, 0.6) is 0 Å². The smallest absolute Gasteiger partial charge is 0.329 e. The van der Waals surface area contributed by atoms with Crippen molar-refractivity contribution in [1.82, 2.24) is 10.2 Å². The molecule has 0 radical (unpaired) electrons. The minimum atomic E-state index is -1.04. The maximum Gasteiger partial charge on any atom is 0.329 e. The second-order valence-electron chi connectivity index (χ2n) is 7.27. The molecule has 3 rings (SSSR count). The van der Waals surface area contributed by atoms with Gasteiger partial charge >= 0.3 is 5.97 Å². The summed E-state index contributed by atoms with van der Waals surface area (Å²) in [5.41, 5.74) is 0.849. The van der Waals surface area contributed by atoms with Crippen molar-refractivity contribution in [1.29, 1.82) is 0 Å². The summed E-state index contributed by atoms with van der Waals surface area (Å²) in [6, 6.07) is 3.82. The zero-order chi connectivity index (χ0) is 23.8. The molecule has 0 aromatic heterocycles. The summed E-state index contributed by atoms with van der Waals surface area (Å²) in [7, 11) is 0. The second-order valence-corrected chi connectivity index (χ2v) is 7.27. The van der Waals surface area contributed by atoms with Crippen LogP contribution in [0.3, 0.4) is 0 Å². The first kappa shape index (κ1) is 24.3. The quantitative estimate of drug-likeness (QED) is 0.260. The number of aliphatic carboxylic acids is 1. The third-order valence-corrected chi connectivity index (χ3v) is 5.00. The molecule has 1 aromatic rings. The number of amides is 4. The molecule has 1 unspecified atom stereocenters. The SMILES string of the molecule is O=C(O)COCCOCCOCCNc1cccc2c1C(=O)N(C1CCC(=O)NC1=O)C2=O. The Balaban J connectivity index is 1.44. The summed E-state index contributed by atoms with van der Waals surface area (Å²) < 4.78 is 15.5. The molecule has 12 heteroatoms. The zero-order valence-electron chi connectivity index (χ0n) is 17.8. The molecule has 178 valence electrons. The Kier molecular flexibility index (Phi) is 8.46. The van der Waals surface area contributed by atoms with Crippen molar-refractivity contribution >= 4 is 35.3 Å². The number of ether oxygens (including phenoxy) is 3. The minimum absolute atomic E-state index is 0.0608. The van der Waals surface area contributed by atoms with E-state index < -0.39 is 35.6 Å². The zero-order valence-corrected chi connectivity index (χ0v) is 17.8. The number of fused-ring (bicyclic) bond motifs is 1. The Labute approximate surface area is 189 Å². The lowest BCUT2D eigenvalue weighted by Gasteiger charge is -2.27. The van der Waals surface area contributed by atoms with Gasteiger partial charge in [-0.3, -0.25) is 29.4 Å². The van der Waals surface area contributed by atoms with E-state index >= 15 is 0 Å². The van der Waals surface area contributed by atoms with E-state index in [4.69, 9.17) is 19.3 Å². The molecule has 1 saturated heterocycles. The summed E-state index contributed by atoms with van der Waals surface area (Å²) in [4.78, 5) is 60.5. The maximum atomic E-state index is 13.0. The van der Waals surface area contributed by atoms with E-state index in [0.29, 0.717) is 32.1 Å². The van der Waals surface area contributed by atoms with Gasteiger partial charge in [0.1, 0.15) is 12.6 Å². The fraction of sp³-hybridized carbons (Fsp3) is 0.476. The van der Waals surface area contributed by atoms with E-state index in [1.807, 2.05) is 0 Å². The summed E-state index contributed by atoms with van der Waals surface area (Å²) in [6.07, 6.45) is 0.159. The summed E-state index contributed by atoms with van der Waals surface area (Å²) in [6.45, 7) is 1.35. The van der Waals surface area contributed by atoms with E-state index in [0.717, 1.165) is 4.90 Å². The number of carbonyl (C=O) groups excluding carboxylic acids is 4. The lowest BCUT2D eigenvalue weighted by Crippen LogP contribution is -2.54. The fourth-order valence-electron chi connectivity index (χ4n) is 3.52. The van der Waals surface area contributed by atoms with Crippen LogP contribution in [-0.2, 0) is 28.6 Å². The number of imide groups is 2. The monoisotopic (exact) mass is 463 g/mol. The van der Waals surface area contributed by atoms with Gasteiger partial charge in [-0.05, 0) is 18.6 Å². The molecular formula is C21H25N3O9. The Morgan fingerprint density at radius 3 is 2.42 bits per heavy atom. The van der Waals surface area contributed by atoms with Crippen molar-refractivity contribution in [3.63, 3.8) is 0 Å². The summed E-state index contributed by atoms with van der Waals surface area (Å²) in [5, 5.41) is 13.7. The number of piperidine rings is 1. The molecule has 1 fully saturated rings. The van der Waals surface area contributed by atoms with Gasteiger partial charge in [0, 0.05) is 18.7 Å². The first-order chi connectivity index (χ1) is 15.9. The molecule has 1 atom stereocenters. The fourth-order valence-corrected chi connectivity index (χ4v) is 3.52. The molecule has 2 heterocycles. The number of rotatable bonds is 13.